The second-order valence-electron chi connectivity index (χ2n) is 2.71. The van der Waals surface area contributed by atoms with E-state index >= 15 is 0 Å². The molecule has 1 atom stereocenters. The van der Waals surface area contributed by atoms with E-state index in [1.807, 2.05) is 37.3 Å². The molecule has 3 heteroatoms. The fourth-order valence-corrected chi connectivity index (χ4v) is 1.24. The Morgan fingerprint density at radius 3 is 2.31 bits per heavy atom. The fourth-order valence-electron chi connectivity index (χ4n) is 1.24. The molecule has 1 unspecified atom stereocenters. The van der Waals surface area contributed by atoms with E-state index in [0.29, 0.717) is 6.42 Å². The Morgan fingerprint density at radius 2 is 1.92 bits per heavy atom. The second-order valence-corrected chi connectivity index (χ2v) is 2.71. The fraction of sp³-hybridized carbons (Fsp3) is 0.300. The summed E-state index contributed by atoms with van der Waals surface area (Å²) in [7, 11) is 0. The van der Waals surface area contributed by atoms with Gasteiger partial charge in [0.1, 0.15) is 0 Å². The minimum absolute atomic E-state index is 0. The number of aliphatic carboxylic acids is 1. The normalized spacial score (nSPS) is 11.5. The van der Waals surface area contributed by atoms with E-state index in [-0.39, 0.29) is 35.5 Å². The molecule has 0 amide bonds. The molecule has 0 aromatic heterocycles. The van der Waals surface area contributed by atoms with Crippen LogP contribution in [0.1, 0.15) is 24.8 Å². The predicted octanol–water partition coefficient (Wildman–Crippen LogP) is 1.88. The van der Waals surface area contributed by atoms with Gasteiger partial charge in [0.2, 0.25) is 0 Å². The zero-order valence-corrected chi connectivity index (χ0v) is 10.0. The molecule has 0 saturated carbocycles. The predicted molar refractivity (Wildman–Crippen MR) is 52.9 cm³/mol. The van der Waals surface area contributed by atoms with Crippen molar-refractivity contribution in [2.24, 2.45) is 0 Å². The van der Waals surface area contributed by atoms with Crippen molar-refractivity contribution in [2.45, 2.75) is 19.3 Å². The molecule has 0 heterocycles. The van der Waals surface area contributed by atoms with Gasteiger partial charge in [-0.1, -0.05) is 37.3 Å². The molecule has 0 saturated heterocycles. The van der Waals surface area contributed by atoms with Gasteiger partial charge in [0, 0.05) is 29.6 Å². The molecule has 1 radical (unpaired) electrons. The molecule has 1 aromatic carbocycles. The molecule has 0 bridgehead atoms. The molecule has 0 fully saturated rings. The molecule has 1 aromatic rings. The molecule has 1 rings (SSSR count). The van der Waals surface area contributed by atoms with Crippen LogP contribution in [0.4, 0.5) is 0 Å². The van der Waals surface area contributed by atoms with Crippen molar-refractivity contribution < 1.29 is 9.90 Å². The van der Waals surface area contributed by atoms with Crippen LogP contribution in [0.5, 0.6) is 0 Å². The standard InChI is InChI=1S/C10H12O2.Na/c1-2-9(10(11)12)8-6-4-3-5-7-8;/h3-7,9H,2H2,1H3,(H,11,12);. The molecular weight excluding hydrogens is 175 g/mol. The van der Waals surface area contributed by atoms with Crippen LogP contribution in [0.25, 0.3) is 0 Å². The van der Waals surface area contributed by atoms with Crippen LogP contribution in [-0.2, 0) is 4.79 Å². The minimum Gasteiger partial charge on any atom is -0.481 e. The van der Waals surface area contributed by atoms with Crippen LogP contribution in [0.2, 0.25) is 0 Å². The van der Waals surface area contributed by atoms with Gasteiger partial charge in [0.15, 0.2) is 0 Å². The van der Waals surface area contributed by atoms with Crippen LogP contribution in [0.15, 0.2) is 30.3 Å². The second kappa shape index (κ2) is 6.19. The van der Waals surface area contributed by atoms with E-state index in [2.05, 4.69) is 0 Å². The SMILES string of the molecule is CCC(C(=O)O)c1ccccc1.[Na]. The molecule has 0 spiro atoms. The average molecular weight is 187 g/mol. The van der Waals surface area contributed by atoms with Gasteiger partial charge < -0.3 is 5.11 Å². The van der Waals surface area contributed by atoms with E-state index in [9.17, 15) is 4.79 Å². The largest absolute Gasteiger partial charge is 0.481 e. The summed E-state index contributed by atoms with van der Waals surface area (Å²) in [6.07, 6.45) is 0.638. The summed E-state index contributed by atoms with van der Waals surface area (Å²) < 4.78 is 0. The molecule has 0 aliphatic heterocycles. The van der Waals surface area contributed by atoms with E-state index in [1.165, 1.54) is 0 Å². The maximum atomic E-state index is 10.7. The van der Waals surface area contributed by atoms with E-state index in [4.69, 9.17) is 5.11 Å². The van der Waals surface area contributed by atoms with Gasteiger partial charge in [-0.05, 0) is 12.0 Å². The third-order valence-corrected chi connectivity index (χ3v) is 1.91. The number of hydrogen-bond acceptors (Lipinski definition) is 1. The number of rotatable bonds is 3. The zero-order chi connectivity index (χ0) is 8.97. The summed E-state index contributed by atoms with van der Waals surface area (Å²) in [5.41, 5.74) is 0.882. The zero-order valence-electron chi connectivity index (χ0n) is 8.03. The van der Waals surface area contributed by atoms with Gasteiger partial charge in [-0.15, -0.1) is 0 Å². The monoisotopic (exact) mass is 187 g/mol. The Labute approximate surface area is 100 Å². The van der Waals surface area contributed by atoms with Gasteiger partial charge in [-0.2, -0.15) is 0 Å². The van der Waals surface area contributed by atoms with Crippen molar-refractivity contribution in [1.29, 1.82) is 0 Å². The summed E-state index contributed by atoms with van der Waals surface area (Å²) in [5.74, 6) is -1.10. The van der Waals surface area contributed by atoms with E-state index < -0.39 is 5.97 Å². The van der Waals surface area contributed by atoms with Crippen LogP contribution < -0.4 is 0 Å². The van der Waals surface area contributed by atoms with Crippen LogP contribution >= 0.6 is 0 Å². The number of carboxylic acid groups (broad SMARTS) is 1. The van der Waals surface area contributed by atoms with E-state index in [0.717, 1.165) is 5.56 Å². The van der Waals surface area contributed by atoms with Crippen molar-refractivity contribution in [3.63, 3.8) is 0 Å². The van der Waals surface area contributed by atoms with Crippen LogP contribution in [0.3, 0.4) is 0 Å². The number of carboxylic acids is 1. The van der Waals surface area contributed by atoms with Gasteiger partial charge in [-0.3, -0.25) is 4.79 Å². The Morgan fingerprint density at radius 1 is 1.38 bits per heavy atom. The Bertz CT molecular complexity index is 259. The Kier molecular flexibility index (Phi) is 6.04. The first-order valence-electron chi connectivity index (χ1n) is 4.03. The van der Waals surface area contributed by atoms with Gasteiger partial charge in [0.25, 0.3) is 0 Å². The topological polar surface area (TPSA) is 37.3 Å². The summed E-state index contributed by atoms with van der Waals surface area (Å²) in [4.78, 5) is 10.7. The van der Waals surface area contributed by atoms with Gasteiger partial charge in [0.05, 0.1) is 5.92 Å². The summed E-state index contributed by atoms with van der Waals surface area (Å²) in [6.45, 7) is 1.88. The molecule has 0 aliphatic rings. The summed E-state index contributed by atoms with van der Waals surface area (Å²) in [5, 5.41) is 8.83. The maximum absolute atomic E-state index is 10.7. The first-order chi connectivity index (χ1) is 5.75. The Hall–Kier alpha value is -0.310. The Balaban J connectivity index is 0.00000144. The first kappa shape index (κ1) is 12.7. The van der Waals surface area contributed by atoms with Gasteiger partial charge in [-0.25, -0.2) is 0 Å². The van der Waals surface area contributed by atoms with Crippen molar-refractivity contribution in [2.75, 3.05) is 0 Å². The maximum Gasteiger partial charge on any atom is 0.310 e. The van der Waals surface area contributed by atoms with Crippen molar-refractivity contribution in [3.8, 4) is 0 Å². The molecule has 1 N–H and O–H groups in total. The molecule has 13 heavy (non-hydrogen) atoms. The molecule has 0 aliphatic carbocycles. The summed E-state index contributed by atoms with van der Waals surface area (Å²) >= 11 is 0. The number of carbonyl (C=O) groups is 1. The van der Waals surface area contributed by atoms with E-state index in [1.54, 1.807) is 0 Å². The minimum atomic E-state index is -0.747. The summed E-state index contributed by atoms with van der Waals surface area (Å²) in [6, 6.07) is 9.31. The van der Waals surface area contributed by atoms with Crippen molar-refractivity contribution in [1.82, 2.24) is 0 Å². The molecule has 2 nitrogen and oxygen atoms in total. The molecular formula is C10H12NaO2. The smallest absolute Gasteiger partial charge is 0.310 e. The molecule has 65 valence electrons. The third-order valence-electron chi connectivity index (χ3n) is 1.91. The number of hydrogen-bond donors (Lipinski definition) is 1. The van der Waals surface area contributed by atoms with Gasteiger partial charge >= 0.3 is 5.97 Å². The van der Waals surface area contributed by atoms with Crippen molar-refractivity contribution >= 4 is 35.5 Å². The average Bonchev–Trinajstić information content (AvgIpc) is 2.07. The van der Waals surface area contributed by atoms with Crippen LogP contribution in [-0.4, -0.2) is 40.6 Å². The van der Waals surface area contributed by atoms with Crippen molar-refractivity contribution in [3.05, 3.63) is 35.9 Å². The quantitative estimate of drug-likeness (QED) is 0.733. The third kappa shape index (κ3) is 3.51. The van der Waals surface area contributed by atoms with Crippen LogP contribution in [0, 0.1) is 0 Å². The number of benzene rings is 1. The first-order valence-corrected chi connectivity index (χ1v) is 4.03.